The molecule has 1 aromatic rings. The minimum absolute atomic E-state index is 0.190. The lowest BCUT2D eigenvalue weighted by Gasteiger charge is -2.21. The van der Waals surface area contributed by atoms with Crippen molar-refractivity contribution in [2.24, 2.45) is 5.92 Å². The molecule has 4 nitrogen and oxygen atoms in total. The Labute approximate surface area is 115 Å². The smallest absolute Gasteiger partial charge is 0.100 e. The van der Waals surface area contributed by atoms with Gasteiger partial charge in [-0.15, -0.1) is 0 Å². The highest BCUT2D eigenvalue weighted by atomic mass is 16.5. The molecule has 1 aromatic carbocycles. The second kappa shape index (κ2) is 9.04. The van der Waals surface area contributed by atoms with Gasteiger partial charge in [-0.05, 0) is 32.0 Å². The first kappa shape index (κ1) is 16.1. The molecule has 19 heavy (non-hydrogen) atoms. The Bertz CT molecular complexity index is 329. The molecule has 1 rings (SSSR count). The van der Waals surface area contributed by atoms with Crippen LogP contribution in [-0.4, -0.2) is 61.7 Å². The Kier molecular flexibility index (Phi) is 7.67. The number of hydrogen-bond donors (Lipinski definition) is 2. The number of nitrogens with zero attached hydrogens (tertiary/aromatic N) is 1. The van der Waals surface area contributed by atoms with Crippen LogP contribution in [0.5, 0.6) is 0 Å². The van der Waals surface area contributed by atoms with Crippen molar-refractivity contribution in [3.63, 3.8) is 0 Å². The van der Waals surface area contributed by atoms with Gasteiger partial charge in [0.1, 0.15) is 6.10 Å². The zero-order valence-electron chi connectivity index (χ0n) is 11.8. The number of rotatable bonds is 9. The highest BCUT2D eigenvalue weighted by molar-refractivity contribution is 5.15. The molecule has 108 valence electrons. The van der Waals surface area contributed by atoms with Crippen LogP contribution in [0.3, 0.4) is 0 Å². The lowest BCUT2D eigenvalue weighted by atomic mass is 10.00. The molecule has 0 saturated heterocycles. The van der Waals surface area contributed by atoms with Gasteiger partial charge in [-0.2, -0.15) is 0 Å². The fourth-order valence-corrected chi connectivity index (χ4v) is 2.06. The number of aliphatic hydroxyl groups is 2. The Balaban J connectivity index is 2.43. The van der Waals surface area contributed by atoms with Crippen molar-refractivity contribution in [1.29, 1.82) is 0 Å². The van der Waals surface area contributed by atoms with Gasteiger partial charge in [-0.25, -0.2) is 0 Å². The lowest BCUT2D eigenvalue weighted by Crippen LogP contribution is -2.29. The molecule has 2 unspecified atom stereocenters. The molecule has 0 aromatic heterocycles. The van der Waals surface area contributed by atoms with Crippen molar-refractivity contribution >= 4 is 0 Å². The van der Waals surface area contributed by atoms with E-state index in [9.17, 15) is 5.11 Å². The zero-order chi connectivity index (χ0) is 14.1. The molecule has 0 radical (unpaired) electrons. The molecular formula is C15H25NO3. The van der Waals surface area contributed by atoms with Crippen LogP contribution in [0.4, 0.5) is 0 Å². The van der Waals surface area contributed by atoms with E-state index < -0.39 is 6.10 Å². The van der Waals surface area contributed by atoms with Gasteiger partial charge >= 0.3 is 0 Å². The summed E-state index contributed by atoms with van der Waals surface area (Å²) in [6.07, 6.45) is 0.172. The third-order valence-electron chi connectivity index (χ3n) is 2.87. The highest BCUT2D eigenvalue weighted by Gasteiger charge is 2.12. The summed E-state index contributed by atoms with van der Waals surface area (Å²) in [4.78, 5) is 2.14. The van der Waals surface area contributed by atoms with Gasteiger partial charge < -0.3 is 19.8 Å². The minimum Gasteiger partial charge on any atom is -0.394 e. The van der Waals surface area contributed by atoms with Crippen molar-refractivity contribution < 1.29 is 14.9 Å². The fourth-order valence-electron chi connectivity index (χ4n) is 2.06. The first-order valence-corrected chi connectivity index (χ1v) is 6.67. The van der Waals surface area contributed by atoms with Crippen molar-refractivity contribution in [2.75, 3.05) is 40.5 Å². The van der Waals surface area contributed by atoms with Gasteiger partial charge in [0.25, 0.3) is 0 Å². The van der Waals surface area contributed by atoms with E-state index in [1.54, 1.807) is 0 Å². The number of hydrogen-bond acceptors (Lipinski definition) is 4. The first-order chi connectivity index (χ1) is 9.11. The van der Waals surface area contributed by atoms with Crippen LogP contribution >= 0.6 is 0 Å². The maximum absolute atomic E-state index is 9.26. The molecule has 0 fully saturated rings. The van der Waals surface area contributed by atoms with Gasteiger partial charge in [0.15, 0.2) is 0 Å². The lowest BCUT2D eigenvalue weighted by molar-refractivity contribution is -0.00684. The molecule has 2 N–H and O–H groups in total. The second-order valence-corrected chi connectivity index (χ2v) is 5.19. The van der Waals surface area contributed by atoms with E-state index in [1.165, 1.54) is 5.56 Å². The quantitative estimate of drug-likeness (QED) is 0.694. The Morgan fingerprint density at radius 3 is 2.42 bits per heavy atom. The van der Waals surface area contributed by atoms with E-state index in [0.29, 0.717) is 12.5 Å². The van der Waals surface area contributed by atoms with Gasteiger partial charge in [0.05, 0.1) is 19.8 Å². The summed E-state index contributed by atoms with van der Waals surface area (Å²) in [6.45, 7) is 1.46. The summed E-state index contributed by atoms with van der Waals surface area (Å²) in [7, 11) is 4.08. The summed E-state index contributed by atoms with van der Waals surface area (Å²) < 4.78 is 5.48. The third-order valence-corrected chi connectivity index (χ3v) is 2.87. The van der Waals surface area contributed by atoms with E-state index >= 15 is 0 Å². The number of benzene rings is 1. The second-order valence-electron chi connectivity index (χ2n) is 5.19. The van der Waals surface area contributed by atoms with Gasteiger partial charge in [-0.1, -0.05) is 30.3 Å². The monoisotopic (exact) mass is 267 g/mol. The number of ether oxygens (including phenoxy) is 1. The topological polar surface area (TPSA) is 52.9 Å². The predicted octanol–water partition coefficient (Wildman–Crippen LogP) is 0.777. The van der Waals surface area contributed by atoms with Crippen LogP contribution in [-0.2, 0) is 11.2 Å². The minimum atomic E-state index is -0.781. The van der Waals surface area contributed by atoms with Gasteiger partial charge in [0, 0.05) is 6.54 Å². The highest BCUT2D eigenvalue weighted by Crippen LogP contribution is 2.10. The molecule has 0 amide bonds. The molecule has 0 aliphatic rings. The maximum atomic E-state index is 9.26. The van der Waals surface area contributed by atoms with Crippen molar-refractivity contribution in [1.82, 2.24) is 4.90 Å². The van der Waals surface area contributed by atoms with Crippen LogP contribution in [0.2, 0.25) is 0 Å². The maximum Gasteiger partial charge on any atom is 0.100 e. The summed E-state index contributed by atoms with van der Waals surface area (Å²) in [5.74, 6) is 0.378. The molecule has 0 aliphatic carbocycles. The van der Waals surface area contributed by atoms with Gasteiger partial charge in [0.2, 0.25) is 0 Å². The van der Waals surface area contributed by atoms with Crippen LogP contribution in [0.1, 0.15) is 5.56 Å². The van der Waals surface area contributed by atoms with E-state index in [0.717, 1.165) is 13.0 Å². The summed E-state index contributed by atoms with van der Waals surface area (Å²) in [5, 5.41) is 18.0. The Morgan fingerprint density at radius 2 is 1.84 bits per heavy atom. The SMILES string of the molecule is CN(C)CC(COCC(O)CO)Cc1ccccc1. The van der Waals surface area contributed by atoms with E-state index in [4.69, 9.17) is 9.84 Å². The molecule has 0 spiro atoms. The number of aliphatic hydroxyl groups excluding tert-OH is 2. The predicted molar refractivity (Wildman–Crippen MR) is 76.1 cm³/mol. The third kappa shape index (κ3) is 7.28. The van der Waals surface area contributed by atoms with Crippen LogP contribution in [0.15, 0.2) is 30.3 Å². The Morgan fingerprint density at radius 1 is 1.16 bits per heavy atom. The fraction of sp³-hybridized carbons (Fsp3) is 0.600. The Hall–Kier alpha value is -0.940. The van der Waals surface area contributed by atoms with E-state index in [1.807, 2.05) is 32.3 Å². The molecule has 0 bridgehead atoms. The van der Waals surface area contributed by atoms with E-state index in [2.05, 4.69) is 17.0 Å². The van der Waals surface area contributed by atoms with Crippen LogP contribution in [0.25, 0.3) is 0 Å². The molecule has 0 saturated carbocycles. The van der Waals surface area contributed by atoms with Crippen molar-refractivity contribution in [3.8, 4) is 0 Å². The van der Waals surface area contributed by atoms with Crippen LogP contribution < -0.4 is 0 Å². The summed E-state index contributed by atoms with van der Waals surface area (Å²) >= 11 is 0. The average molecular weight is 267 g/mol. The van der Waals surface area contributed by atoms with E-state index in [-0.39, 0.29) is 13.2 Å². The molecule has 2 atom stereocenters. The first-order valence-electron chi connectivity index (χ1n) is 6.67. The zero-order valence-corrected chi connectivity index (χ0v) is 11.8. The molecular weight excluding hydrogens is 242 g/mol. The summed E-state index contributed by atoms with van der Waals surface area (Å²) in [5.41, 5.74) is 1.29. The standard InChI is InChI=1S/C15H25NO3/c1-16(2)9-14(11-19-12-15(18)10-17)8-13-6-4-3-5-7-13/h3-7,14-15,17-18H,8-12H2,1-2H3. The molecule has 0 aliphatic heterocycles. The van der Waals surface area contributed by atoms with Crippen molar-refractivity contribution in [3.05, 3.63) is 35.9 Å². The summed E-state index contributed by atoms with van der Waals surface area (Å²) in [6, 6.07) is 10.3. The van der Waals surface area contributed by atoms with Crippen LogP contribution in [0, 0.1) is 5.92 Å². The van der Waals surface area contributed by atoms with Gasteiger partial charge in [-0.3, -0.25) is 0 Å². The average Bonchev–Trinajstić information content (AvgIpc) is 2.38. The molecule has 0 heterocycles. The molecule has 4 heteroatoms. The normalized spacial score (nSPS) is 14.6. The van der Waals surface area contributed by atoms with Crippen molar-refractivity contribution in [2.45, 2.75) is 12.5 Å². The largest absolute Gasteiger partial charge is 0.394 e.